The molecule has 36 heavy (non-hydrogen) atoms. The summed E-state index contributed by atoms with van der Waals surface area (Å²) in [4.78, 5) is 45.6. The number of amides is 2. The van der Waals surface area contributed by atoms with E-state index in [0.717, 1.165) is 11.3 Å². The molecule has 1 saturated heterocycles. The fourth-order valence-electron chi connectivity index (χ4n) is 3.60. The van der Waals surface area contributed by atoms with Gasteiger partial charge in [0.1, 0.15) is 5.69 Å². The van der Waals surface area contributed by atoms with Gasteiger partial charge in [0, 0.05) is 39.5 Å². The first-order valence-corrected chi connectivity index (χ1v) is 12.3. The molecule has 0 aromatic carbocycles. The predicted octanol–water partition coefficient (Wildman–Crippen LogP) is -1.76. The van der Waals surface area contributed by atoms with Gasteiger partial charge in [0.25, 0.3) is 11.8 Å². The maximum Gasteiger partial charge on any atom is 1.00 e. The number of ether oxygens (including phenoxy) is 2. The molecule has 1 aliphatic rings. The minimum atomic E-state index is -1.49. The summed E-state index contributed by atoms with van der Waals surface area (Å²) in [6.45, 7) is 4.41. The molecule has 3 atom stereocenters. The maximum atomic E-state index is 12.8. The first kappa shape index (κ1) is 30.8. The summed E-state index contributed by atoms with van der Waals surface area (Å²) in [6, 6.07) is -0.346. The van der Waals surface area contributed by atoms with E-state index in [1.807, 2.05) is 4.90 Å². The zero-order valence-electron chi connectivity index (χ0n) is 20.6. The molecule has 0 bridgehead atoms. The number of rotatable bonds is 9. The van der Waals surface area contributed by atoms with Crippen molar-refractivity contribution in [2.75, 3.05) is 38.8 Å². The number of carboxylic acids is 1. The van der Waals surface area contributed by atoms with Crippen molar-refractivity contribution in [1.29, 1.82) is 0 Å². The second-order valence-electron chi connectivity index (χ2n) is 8.06. The third-order valence-electron chi connectivity index (χ3n) is 5.70. The summed E-state index contributed by atoms with van der Waals surface area (Å²) in [5.74, 6) is -2.53. The fourth-order valence-corrected chi connectivity index (χ4v) is 4.95. The van der Waals surface area contributed by atoms with E-state index < -0.39 is 23.9 Å². The van der Waals surface area contributed by atoms with Gasteiger partial charge in [-0.3, -0.25) is 9.59 Å². The molecule has 15 heteroatoms. The molecule has 1 fully saturated rings. The van der Waals surface area contributed by atoms with Crippen molar-refractivity contribution in [3.05, 3.63) is 32.0 Å². The van der Waals surface area contributed by atoms with E-state index >= 15 is 0 Å². The van der Waals surface area contributed by atoms with Crippen LogP contribution < -0.4 is 50.2 Å². The average molecular weight is 570 g/mol. The van der Waals surface area contributed by atoms with Crippen LogP contribution in [0.25, 0.3) is 0 Å². The van der Waals surface area contributed by atoms with Gasteiger partial charge in [0.05, 0.1) is 39.1 Å². The molecule has 3 heterocycles. The van der Waals surface area contributed by atoms with Gasteiger partial charge in [-0.05, 0) is 20.3 Å². The number of piperidine rings is 1. The second kappa shape index (κ2) is 13.4. The van der Waals surface area contributed by atoms with Crippen LogP contribution in [0, 0.1) is 6.92 Å². The van der Waals surface area contributed by atoms with Crippen molar-refractivity contribution in [3.8, 4) is 0 Å². The molecule has 11 nitrogen and oxygen atoms in total. The van der Waals surface area contributed by atoms with Gasteiger partial charge in [-0.1, -0.05) is 34.5 Å². The quantitative estimate of drug-likeness (QED) is 0.301. The van der Waals surface area contributed by atoms with E-state index in [1.165, 1.54) is 14.2 Å². The van der Waals surface area contributed by atoms with Gasteiger partial charge < -0.3 is 39.9 Å². The first-order chi connectivity index (χ1) is 16.6. The summed E-state index contributed by atoms with van der Waals surface area (Å²) in [6.07, 6.45) is -0.211. The van der Waals surface area contributed by atoms with Crippen molar-refractivity contribution in [2.45, 2.75) is 38.5 Å². The van der Waals surface area contributed by atoms with Crippen LogP contribution in [0.1, 0.15) is 49.7 Å². The first-order valence-electron chi connectivity index (χ1n) is 10.7. The van der Waals surface area contributed by atoms with Crippen LogP contribution in [0.2, 0.25) is 10.0 Å². The number of carbonyl (C=O) groups excluding carboxylic acids is 3. The molecule has 0 unspecified atom stereocenters. The molecule has 3 N–H and O–H groups in total. The van der Waals surface area contributed by atoms with Crippen molar-refractivity contribution in [1.82, 2.24) is 20.6 Å². The number of nitrogens with one attached hydrogen (secondary N) is 3. The minimum Gasteiger partial charge on any atom is -0.544 e. The Morgan fingerprint density at radius 2 is 1.97 bits per heavy atom. The second-order valence-corrected chi connectivity index (χ2v) is 9.79. The van der Waals surface area contributed by atoms with Crippen molar-refractivity contribution in [3.63, 3.8) is 0 Å². The topological polar surface area (TPSA) is 149 Å². The van der Waals surface area contributed by atoms with Gasteiger partial charge in [-0.25, -0.2) is 4.98 Å². The van der Waals surface area contributed by atoms with E-state index in [-0.39, 0.29) is 69.5 Å². The normalized spacial score (nSPS) is 18.3. The largest absolute Gasteiger partial charge is 1.00 e. The summed E-state index contributed by atoms with van der Waals surface area (Å²) in [5, 5.41) is 17.9. The Hall–Kier alpha value is -1.38. The number of aromatic nitrogens is 2. The molecule has 0 radical (unpaired) electrons. The number of H-pyrrole nitrogens is 1. The zero-order chi connectivity index (χ0) is 25.9. The van der Waals surface area contributed by atoms with Crippen LogP contribution >= 0.6 is 34.5 Å². The molecule has 1 aliphatic heterocycles. The number of methoxy groups -OCH3 is 2. The Bertz CT molecular complexity index is 1110. The maximum absolute atomic E-state index is 12.8. The Balaban J connectivity index is 0.00000456. The smallest absolute Gasteiger partial charge is 0.544 e. The fraction of sp³-hybridized carbons (Fsp3) is 0.524. The molecular weight excluding hydrogens is 544 g/mol. The van der Waals surface area contributed by atoms with Crippen LogP contribution in [-0.4, -0.2) is 79.9 Å². The van der Waals surface area contributed by atoms with Crippen molar-refractivity contribution < 1.29 is 58.5 Å². The predicted molar refractivity (Wildman–Crippen MR) is 130 cm³/mol. The van der Waals surface area contributed by atoms with Crippen LogP contribution in [0.15, 0.2) is 0 Å². The van der Waals surface area contributed by atoms with Crippen molar-refractivity contribution in [2.24, 2.45) is 0 Å². The zero-order valence-corrected chi connectivity index (χ0v) is 24.9. The van der Waals surface area contributed by atoms with E-state index in [9.17, 15) is 19.5 Å². The van der Waals surface area contributed by atoms with E-state index in [2.05, 4.69) is 20.6 Å². The molecule has 0 aliphatic carbocycles. The van der Waals surface area contributed by atoms with Crippen LogP contribution in [0.5, 0.6) is 0 Å². The molecule has 2 amide bonds. The summed E-state index contributed by atoms with van der Waals surface area (Å²) in [5.41, 5.74) is 0.540. The van der Waals surface area contributed by atoms with Gasteiger partial charge in [0.2, 0.25) is 0 Å². The molecule has 0 spiro atoms. The molecule has 3 rings (SSSR count). The summed E-state index contributed by atoms with van der Waals surface area (Å²) in [7, 11) is 3.02. The van der Waals surface area contributed by atoms with Crippen LogP contribution in [-0.2, 0) is 9.47 Å². The average Bonchev–Trinajstić information content (AvgIpc) is 3.40. The van der Waals surface area contributed by atoms with Gasteiger partial charge >= 0.3 is 29.6 Å². The van der Waals surface area contributed by atoms with Gasteiger partial charge in [-0.15, -0.1) is 0 Å². The number of hydrogen-bond donors (Lipinski definition) is 3. The van der Waals surface area contributed by atoms with Gasteiger partial charge in [0.15, 0.2) is 10.8 Å². The SMILES string of the molecule is CO[C@H]1CN(c2nc(C(=O)NC[C@H](C)OC)c(C(=O)[O-])s2)CC[C@H]1NC(=O)c1[nH]c(C)c(Cl)c1Cl.[Na+]. The molecule has 0 saturated carbocycles. The number of carboxylic acid groups (broad SMARTS) is 1. The standard InChI is InChI=1S/C21H27Cl2N5O6S.Na/c1-9(33-3)7-24-18(29)16-17(20(31)32)35-21(27-16)28-6-5-11(12(8-28)34-4)26-19(30)15-14(23)13(22)10(2)25-15;/h9,11-12,25H,5-8H2,1-4H3,(H,24,29)(H,26,30)(H,31,32);/q;+1/p-1/t9-,11+,12-;/m0./s1. The third-order valence-corrected chi connectivity index (χ3v) is 7.74. The van der Waals surface area contributed by atoms with E-state index in [4.69, 9.17) is 32.7 Å². The molecule has 192 valence electrons. The third kappa shape index (κ3) is 6.93. The monoisotopic (exact) mass is 569 g/mol. The van der Waals surface area contributed by atoms with Crippen LogP contribution in [0.3, 0.4) is 0 Å². The number of aromatic amines is 1. The summed E-state index contributed by atoms with van der Waals surface area (Å²) < 4.78 is 10.7. The number of carbonyl (C=O) groups is 3. The van der Waals surface area contributed by atoms with E-state index in [1.54, 1.807) is 13.8 Å². The van der Waals surface area contributed by atoms with Crippen LogP contribution in [0.4, 0.5) is 5.13 Å². The number of halogens is 2. The minimum absolute atomic E-state index is 0. The Morgan fingerprint density at radius 1 is 1.28 bits per heavy atom. The number of nitrogens with zero attached hydrogens (tertiary/aromatic N) is 2. The Kier molecular flexibility index (Phi) is 11.5. The molecule has 2 aromatic heterocycles. The number of aromatic carboxylic acids is 1. The number of thiazole rings is 1. The number of hydrogen-bond acceptors (Lipinski definition) is 9. The number of aryl methyl sites for hydroxylation is 1. The van der Waals surface area contributed by atoms with E-state index in [0.29, 0.717) is 35.4 Å². The number of anilines is 1. The van der Waals surface area contributed by atoms with Crippen molar-refractivity contribution >= 4 is 57.5 Å². The Morgan fingerprint density at radius 3 is 2.53 bits per heavy atom. The van der Waals surface area contributed by atoms with Gasteiger partial charge in [-0.2, -0.15) is 0 Å². The summed E-state index contributed by atoms with van der Waals surface area (Å²) >= 11 is 13.1. The molecular formula is C21H26Cl2N5NaO6S. The molecule has 2 aromatic rings. The Labute approximate surface area is 244 Å².